The number of aliphatic hydroxyl groups excluding tert-OH is 1. The number of aliphatic hydroxyl groups is 1. The van der Waals surface area contributed by atoms with Gasteiger partial charge >= 0.3 is 0 Å². The zero-order chi connectivity index (χ0) is 15.5. The molecule has 0 spiro atoms. The number of hydrogen-bond donors (Lipinski definition) is 1. The van der Waals surface area contributed by atoms with Gasteiger partial charge in [-0.1, -0.05) is 12.1 Å². The lowest BCUT2D eigenvalue weighted by atomic mass is 9.95. The van der Waals surface area contributed by atoms with Crippen molar-refractivity contribution in [3.05, 3.63) is 35.4 Å². The van der Waals surface area contributed by atoms with Crippen LogP contribution in [0.25, 0.3) is 0 Å². The minimum absolute atomic E-state index is 0.000956. The molecule has 0 bridgehead atoms. The molecule has 0 aromatic heterocycles. The molecule has 1 aromatic carbocycles. The summed E-state index contributed by atoms with van der Waals surface area (Å²) < 4.78 is 26.4. The van der Waals surface area contributed by atoms with Crippen molar-refractivity contribution in [2.24, 2.45) is 5.92 Å². The first-order chi connectivity index (χ1) is 9.92. The molecule has 1 N–H and O–H groups in total. The molecule has 1 aliphatic rings. The lowest BCUT2D eigenvalue weighted by molar-refractivity contribution is 0.0885. The summed E-state index contributed by atoms with van der Waals surface area (Å²) in [6.45, 7) is 2.58. The normalized spacial score (nSPS) is 21.7. The van der Waals surface area contributed by atoms with Crippen molar-refractivity contribution in [1.29, 1.82) is 5.26 Å². The van der Waals surface area contributed by atoms with Crippen LogP contribution in [0.2, 0.25) is 0 Å². The van der Waals surface area contributed by atoms with Gasteiger partial charge in [-0.3, -0.25) is 0 Å². The molecule has 0 amide bonds. The van der Waals surface area contributed by atoms with E-state index >= 15 is 0 Å². The number of nitrogens with zero attached hydrogens (tertiary/aromatic N) is 2. The predicted octanol–water partition coefficient (Wildman–Crippen LogP) is 1.48. The topological polar surface area (TPSA) is 81.4 Å². The minimum Gasteiger partial charge on any atom is -0.393 e. The molecule has 114 valence electrons. The third-order valence-electron chi connectivity index (χ3n) is 3.90. The van der Waals surface area contributed by atoms with E-state index in [0.29, 0.717) is 24.2 Å². The fraction of sp³-hybridized carbons (Fsp3) is 0.533. The average molecular weight is 308 g/mol. The summed E-state index contributed by atoms with van der Waals surface area (Å²) in [4.78, 5) is 0. The van der Waals surface area contributed by atoms with E-state index in [9.17, 15) is 13.5 Å². The Labute approximate surface area is 125 Å². The van der Waals surface area contributed by atoms with Crippen LogP contribution in [0.3, 0.4) is 0 Å². The maximum Gasteiger partial charge on any atom is 0.218 e. The second kappa shape index (κ2) is 6.56. The van der Waals surface area contributed by atoms with Crippen LogP contribution in [0.4, 0.5) is 0 Å². The summed E-state index contributed by atoms with van der Waals surface area (Å²) in [5.41, 5.74) is 1.08. The van der Waals surface area contributed by atoms with Crippen molar-refractivity contribution in [3.63, 3.8) is 0 Å². The molecule has 1 aromatic rings. The summed E-state index contributed by atoms with van der Waals surface area (Å²) in [5, 5.41) is 18.5. The van der Waals surface area contributed by atoms with Crippen LogP contribution in [0.1, 0.15) is 30.9 Å². The second-order valence-electron chi connectivity index (χ2n) is 5.57. The van der Waals surface area contributed by atoms with Crippen molar-refractivity contribution in [2.45, 2.75) is 31.6 Å². The molecular formula is C15H20N2O3S. The van der Waals surface area contributed by atoms with Gasteiger partial charge in [-0.2, -0.15) is 5.26 Å². The van der Waals surface area contributed by atoms with Gasteiger partial charge in [0.25, 0.3) is 0 Å². The van der Waals surface area contributed by atoms with Gasteiger partial charge in [-0.25, -0.2) is 12.7 Å². The fourth-order valence-electron chi connectivity index (χ4n) is 2.65. The van der Waals surface area contributed by atoms with Crippen molar-refractivity contribution < 1.29 is 13.5 Å². The summed E-state index contributed by atoms with van der Waals surface area (Å²) >= 11 is 0. The Morgan fingerprint density at radius 1 is 1.52 bits per heavy atom. The van der Waals surface area contributed by atoms with Gasteiger partial charge in [0.05, 0.1) is 23.5 Å². The molecule has 5 nitrogen and oxygen atoms in total. The maximum absolute atomic E-state index is 12.5. The Balaban J connectivity index is 2.12. The van der Waals surface area contributed by atoms with E-state index in [1.165, 1.54) is 4.31 Å². The van der Waals surface area contributed by atoms with E-state index in [4.69, 9.17) is 5.26 Å². The molecule has 0 radical (unpaired) electrons. The third kappa shape index (κ3) is 4.03. The molecule has 21 heavy (non-hydrogen) atoms. The summed E-state index contributed by atoms with van der Waals surface area (Å²) in [5.74, 6) is -0.103. The van der Waals surface area contributed by atoms with Crippen LogP contribution in [-0.2, 0) is 15.8 Å². The lowest BCUT2D eigenvalue weighted by Gasteiger charge is -2.33. The van der Waals surface area contributed by atoms with Crippen LogP contribution in [0, 0.1) is 17.2 Å². The average Bonchev–Trinajstić information content (AvgIpc) is 2.47. The van der Waals surface area contributed by atoms with Crippen molar-refractivity contribution in [2.75, 3.05) is 13.1 Å². The van der Waals surface area contributed by atoms with E-state index in [1.807, 2.05) is 6.07 Å². The standard InChI is InChI=1S/C15H20N2O3S/c1-12(18)15-6-3-7-17(10-15)21(19,20)11-14-5-2-4-13(8-14)9-16/h2,4-5,8,12,15,18H,3,6-7,10-11H2,1H3/t12-,15+/m0/s1. The van der Waals surface area contributed by atoms with Gasteiger partial charge in [0.15, 0.2) is 0 Å². The van der Waals surface area contributed by atoms with Crippen molar-refractivity contribution in [3.8, 4) is 6.07 Å². The number of sulfonamides is 1. The third-order valence-corrected chi connectivity index (χ3v) is 5.72. The number of nitriles is 1. The summed E-state index contributed by atoms with van der Waals surface area (Å²) in [6, 6.07) is 8.68. The van der Waals surface area contributed by atoms with Gasteiger partial charge in [0, 0.05) is 13.1 Å². The Kier molecular flexibility index (Phi) is 4.99. The predicted molar refractivity (Wildman–Crippen MR) is 79.8 cm³/mol. The van der Waals surface area contributed by atoms with Crippen LogP contribution in [0.15, 0.2) is 24.3 Å². The van der Waals surface area contributed by atoms with Gasteiger partial charge in [-0.05, 0) is 43.4 Å². The first-order valence-corrected chi connectivity index (χ1v) is 8.68. The maximum atomic E-state index is 12.5. The zero-order valence-electron chi connectivity index (χ0n) is 12.1. The number of piperidine rings is 1. The van der Waals surface area contributed by atoms with E-state index in [0.717, 1.165) is 12.8 Å². The van der Waals surface area contributed by atoms with E-state index in [1.54, 1.807) is 31.2 Å². The molecule has 0 aliphatic carbocycles. The number of rotatable bonds is 4. The highest BCUT2D eigenvalue weighted by molar-refractivity contribution is 7.88. The summed E-state index contributed by atoms with van der Waals surface area (Å²) in [6.07, 6.45) is 1.13. The smallest absolute Gasteiger partial charge is 0.218 e. The highest BCUT2D eigenvalue weighted by Gasteiger charge is 2.30. The van der Waals surface area contributed by atoms with Crippen LogP contribution in [0.5, 0.6) is 0 Å². The molecule has 2 rings (SSSR count). The quantitative estimate of drug-likeness (QED) is 0.913. The Morgan fingerprint density at radius 3 is 2.95 bits per heavy atom. The number of hydrogen-bond acceptors (Lipinski definition) is 4. The highest BCUT2D eigenvalue weighted by atomic mass is 32.2. The minimum atomic E-state index is -3.41. The highest BCUT2D eigenvalue weighted by Crippen LogP contribution is 2.23. The van der Waals surface area contributed by atoms with Gasteiger partial charge in [-0.15, -0.1) is 0 Å². The monoisotopic (exact) mass is 308 g/mol. The Morgan fingerprint density at radius 2 is 2.29 bits per heavy atom. The molecular weight excluding hydrogens is 288 g/mol. The SMILES string of the molecule is C[C@H](O)[C@@H]1CCCN(S(=O)(=O)Cc2cccc(C#N)c2)C1. The second-order valence-corrected chi connectivity index (χ2v) is 7.54. The lowest BCUT2D eigenvalue weighted by Crippen LogP contribution is -2.43. The molecule has 2 atom stereocenters. The molecule has 1 fully saturated rings. The molecule has 1 heterocycles. The zero-order valence-corrected chi connectivity index (χ0v) is 12.9. The fourth-order valence-corrected chi connectivity index (χ4v) is 4.26. The summed E-state index contributed by atoms with van der Waals surface area (Å²) in [7, 11) is -3.41. The largest absolute Gasteiger partial charge is 0.393 e. The van der Waals surface area contributed by atoms with Crippen LogP contribution < -0.4 is 0 Å². The van der Waals surface area contributed by atoms with Crippen molar-refractivity contribution >= 4 is 10.0 Å². The Hall–Kier alpha value is -1.42. The van der Waals surface area contributed by atoms with Gasteiger partial charge < -0.3 is 5.11 Å². The van der Waals surface area contributed by atoms with Crippen LogP contribution >= 0.6 is 0 Å². The van der Waals surface area contributed by atoms with E-state index < -0.39 is 16.1 Å². The molecule has 0 unspecified atom stereocenters. The van der Waals surface area contributed by atoms with Gasteiger partial charge in [0.1, 0.15) is 0 Å². The van der Waals surface area contributed by atoms with Crippen LogP contribution in [-0.4, -0.2) is 37.0 Å². The number of benzene rings is 1. The molecule has 1 aliphatic heterocycles. The molecule has 6 heteroatoms. The first-order valence-electron chi connectivity index (χ1n) is 7.07. The van der Waals surface area contributed by atoms with Crippen molar-refractivity contribution in [1.82, 2.24) is 4.31 Å². The Bertz CT molecular complexity index is 635. The van der Waals surface area contributed by atoms with Gasteiger partial charge in [0.2, 0.25) is 10.0 Å². The first kappa shape index (κ1) is 16.0. The van der Waals surface area contributed by atoms with E-state index in [2.05, 4.69) is 0 Å². The van der Waals surface area contributed by atoms with E-state index in [-0.39, 0.29) is 11.7 Å². The molecule has 0 saturated carbocycles. The molecule has 1 saturated heterocycles.